The first kappa shape index (κ1) is 27.2. The Balaban J connectivity index is 1.50. The fourth-order valence-electron chi connectivity index (χ4n) is 3.47. The Morgan fingerprint density at radius 1 is 0.868 bits per heavy atom. The zero-order valence-electron chi connectivity index (χ0n) is 20.0. The van der Waals surface area contributed by atoms with Gasteiger partial charge in [-0.1, -0.05) is 83.9 Å². The van der Waals surface area contributed by atoms with Crippen molar-refractivity contribution >= 4 is 51.0 Å². The van der Waals surface area contributed by atoms with E-state index in [4.69, 9.17) is 27.9 Å². The summed E-state index contributed by atoms with van der Waals surface area (Å²) < 4.78 is 33.7. The number of ether oxygens (including phenoxy) is 1. The molecule has 7 nitrogen and oxygen atoms in total. The van der Waals surface area contributed by atoms with Gasteiger partial charge in [0.15, 0.2) is 0 Å². The van der Waals surface area contributed by atoms with Crippen LogP contribution in [0, 0.1) is 0 Å². The maximum Gasteiger partial charge on any atom is 0.264 e. The molecular formula is C28H23Cl2N3O4S. The Bertz CT molecular complexity index is 1530. The Hall–Kier alpha value is -3.85. The zero-order valence-corrected chi connectivity index (χ0v) is 22.3. The molecule has 38 heavy (non-hydrogen) atoms. The predicted molar refractivity (Wildman–Crippen MR) is 150 cm³/mol. The van der Waals surface area contributed by atoms with E-state index < -0.39 is 22.5 Å². The number of amides is 1. The standard InChI is InChI=1S/C28H23Cl2N3O4S/c29-25-16-15-23(17-26(25)30)33(38(35,36)24-12-5-2-6-13-24)19-28(34)32-31-18-22-11-7-8-14-27(22)37-20-21-9-3-1-4-10-21/h1-18H,19-20H2,(H,32,34)/b31-18-. The minimum Gasteiger partial charge on any atom is -0.488 e. The van der Waals surface area contributed by atoms with Crippen molar-refractivity contribution in [1.82, 2.24) is 5.43 Å². The number of nitrogens with one attached hydrogen (secondary N) is 1. The number of carbonyl (C=O) groups excluding carboxylic acids is 1. The van der Waals surface area contributed by atoms with E-state index in [1.807, 2.05) is 42.5 Å². The first-order chi connectivity index (χ1) is 18.3. The summed E-state index contributed by atoms with van der Waals surface area (Å²) in [6.07, 6.45) is 1.44. The number of nitrogens with zero attached hydrogens (tertiary/aromatic N) is 2. The summed E-state index contributed by atoms with van der Waals surface area (Å²) in [7, 11) is -4.10. The van der Waals surface area contributed by atoms with Gasteiger partial charge in [-0.15, -0.1) is 0 Å². The minimum absolute atomic E-state index is 0.0202. The van der Waals surface area contributed by atoms with Gasteiger partial charge in [0.1, 0.15) is 18.9 Å². The van der Waals surface area contributed by atoms with Crippen LogP contribution in [-0.2, 0) is 21.4 Å². The zero-order chi connectivity index (χ0) is 27.0. The molecule has 0 saturated carbocycles. The number of hydrogen-bond donors (Lipinski definition) is 1. The van der Waals surface area contributed by atoms with Crippen molar-refractivity contribution in [3.05, 3.63) is 124 Å². The van der Waals surface area contributed by atoms with Crippen LogP contribution in [-0.4, -0.2) is 27.1 Å². The molecule has 0 bridgehead atoms. The van der Waals surface area contributed by atoms with Gasteiger partial charge in [-0.05, 0) is 48.0 Å². The van der Waals surface area contributed by atoms with E-state index in [-0.39, 0.29) is 20.6 Å². The van der Waals surface area contributed by atoms with Gasteiger partial charge in [-0.25, -0.2) is 13.8 Å². The third-order valence-electron chi connectivity index (χ3n) is 5.36. The molecular weight excluding hydrogens is 545 g/mol. The molecule has 0 aliphatic heterocycles. The smallest absolute Gasteiger partial charge is 0.264 e. The van der Waals surface area contributed by atoms with Crippen molar-refractivity contribution < 1.29 is 17.9 Å². The molecule has 0 aliphatic rings. The lowest BCUT2D eigenvalue weighted by atomic mass is 10.2. The Morgan fingerprint density at radius 3 is 2.24 bits per heavy atom. The molecule has 4 aromatic carbocycles. The van der Waals surface area contributed by atoms with Crippen LogP contribution in [0.4, 0.5) is 5.69 Å². The van der Waals surface area contributed by atoms with E-state index in [1.54, 1.807) is 30.3 Å². The predicted octanol–water partition coefficient (Wildman–Crippen LogP) is 5.92. The molecule has 4 aromatic rings. The summed E-state index contributed by atoms with van der Waals surface area (Å²) in [5.74, 6) is -0.0760. The van der Waals surface area contributed by atoms with Crippen molar-refractivity contribution in [3.8, 4) is 5.75 Å². The number of carbonyl (C=O) groups is 1. The maximum atomic E-state index is 13.4. The lowest BCUT2D eigenvalue weighted by Crippen LogP contribution is -2.39. The summed E-state index contributed by atoms with van der Waals surface area (Å²) >= 11 is 12.1. The molecule has 0 radical (unpaired) electrons. The summed E-state index contributed by atoms with van der Waals surface area (Å²) in [4.78, 5) is 12.8. The lowest BCUT2D eigenvalue weighted by Gasteiger charge is -2.24. The van der Waals surface area contributed by atoms with Gasteiger partial charge in [0, 0.05) is 5.56 Å². The summed E-state index contributed by atoms with van der Waals surface area (Å²) in [6, 6.07) is 29.1. The van der Waals surface area contributed by atoms with Crippen molar-refractivity contribution in [2.24, 2.45) is 5.10 Å². The Morgan fingerprint density at radius 2 is 1.53 bits per heavy atom. The molecule has 0 aliphatic carbocycles. The summed E-state index contributed by atoms with van der Waals surface area (Å²) in [5, 5.41) is 4.43. The van der Waals surface area contributed by atoms with Gasteiger partial charge in [0.25, 0.3) is 15.9 Å². The SMILES string of the molecule is O=C(CN(c1ccc(Cl)c(Cl)c1)S(=O)(=O)c1ccccc1)N/N=C\c1ccccc1OCc1ccccc1. The van der Waals surface area contributed by atoms with Crippen LogP contribution < -0.4 is 14.5 Å². The van der Waals surface area contributed by atoms with Gasteiger partial charge in [-0.3, -0.25) is 9.10 Å². The highest BCUT2D eigenvalue weighted by Gasteiger charge is 2.27. The van der Waals surface area contributed by atoms with Crippen molar-refractivity contribution in [3.63, 3.8) is 0 Å². The highest BCUT2D eigenvalue weighted by Crippen LogP contribution is 2.30. The van der Waals surface area contributed by atoms with Crippen molar-refractivity contribution in [2.45, 2.75) is 11.5 Å². The van der Waals surface area contributed by atoms with Crippen molar-refractivity contribution in [1.29, 1.82) is 0 Å². The second-order valence-electron chi connectivity index (χ2n) is 8.03. The van der Waals surface area contributed by atoms with Crippen LogP contribution in [0.1, 0.15) is 11.1 Å². The number of benzene rings is 4. The maximum absolute atomic E-state index is 13.4. The molecule has 0 saturated heterocycles. The topological polar surface area (TPSA) is 88.1 Å². The second-order valence-corrected chi connectivity index (χ2v) is 10.7. The molecule has 0 aromatic heterocycles. The van der Waals surface area contributed by atoms with E-state index in [0.717, 1.165) is 9.87 Å². The molecule has 4 rings (SSSR count). The minimum atomic E-state index is -4.10. The molecule has 0 atom stereocenters. The van der Waals surface area contributed by atoms with E-state index in [0.29, 0.717) is 17.9 Å². The van der Waals surface area contributed by atoms with Crippen LogP contribution in [0.2, 0.25) is 10.0 Å². The van der Waals surface area contributed by atoms with Gasteiger partial charge < -0.3 is 4.74 Å². The average Bonchev–Trinajstić information content (AvgIpc) is 2.94. The molecule has 10 heteroatoms. The quantitative estimate of drug-likeness (QED) is 0.190. The van der Waals surface area contributed by atoms with E-state index in [1.165, 1.54) is 36.5 Å². The molecule has 1 N–H and O–H groups in total. The van der Waals surface area contributed by atoms with Gasteiger partial charge in [-0.2, -0.15) is 5.10 Å². The van der Waals surface area contributed by atoms with E-state index >= 15 is 0 Å². The lowest BCUT2D eigenvalue weighted by molar-refractivity contribution is -0.119. The molecule has 0 heterocycles. The van der Waals surface area contributed by atoms with Crippen LogP contribution in [0.3, 0.4) is 0 Å². The Labute approximate surface area is 231 Å². The number of hydrogen-bond acceptors (Lipinski definition) is 5. The Kier molecular flexibility index (Phi) is 9.02. The summed E-state index contributed by atoms with van der Waals surface area (Å²) in [6.45, 7) is -0.174. The number of hydrazone groups is 1. The number of rotatable bonds is 10. The average molecular weight is 568 g/mol. The first-order valence-electron chi connectivity index (χ1n) is 11.4. The third-order valence-corrected chi connectivity index (χ3v) is 7.89. The van der Waals surface area contributed by atoms with E-state index in [2.05, 4.69) is 10.5 Å². The highest BCUT2D eigenvalue weighted by molar-refractivity contribution is 7.92. The van der Waals surface area contributed by atoms with Gasteiger partial charge in [0.2, 0.25) is 0 Å². The fourth-order valence-corrected chi connectivity index (χ4v) is 5.19. The highest BCUT2D eigenvalue weighted by atomic mass is 35.5. The van der Waals surface area contributed by atoms with Gasteiger partial charge >= 0.3 is 0 Å². The van der Waals surface area contributed by atoms with Crippen LogP contribution in [0.5, 0.6) is 5.75 Å². The number of para-hydroxylation sites is 1. The molecule has 0 spiro atoms. The van der Waals surface area contributed by atoms with Crippen LogP contribution in [0.15, 0.2) is 113 Å². The van der Waals surface area contributed by atoms with Gasteiger partial charge in [0.05, 0.1) is 26.8 Å². The van der Waals surface area contributed by atoms with Crippen molar-refractivity contribution in [2.75, 3.05) is 10.8 Å². The van der Waals surface area contributed by atoms with Crippen LogP contribution >= 0.6 is 23.2 Å². The fraction of sp³-hybridized carbons (Fsp3) is 0.0714. The van der Waals surface area contributed by atoms with E-state index in [9.17, 15) is 13.2 Å². The molecule has 1 amide bonds. The second kappa shape index (κ2) is 12.6. The largest absolute Gasteiger partial charge is 0.488 e. The number of sulfonamides is 1. The third kappa shape index (κ3) is 6.92. The molecule has 0 fully saturated rings. The summed E-state index contributed by atoms with van der Waals surface area (Å²) in [5.41, 5.74) is 4.22. The monoisotopic (exact) mass is 567 g/mol. The first-order valence-corrected chi connectivity index (χ1v) is 13.6. The molecule has 0 unspecified atom stereocenters. The number of halogens is 2. The number of anilines is 1. The molecule has 194 valence electrons. The van der Waals surface area contributed by atoms with Crippen LogP contribution in [0.25, 0.3) is 0 Å². The normalized spacial score (nSPS) is 11.3.